The standard InChI is InChI=1S/C9H10N2S/c12-8-3-1-2-7(6-8)9-10-4-5-11-9/h1-3,6,12H,4-5H2,(H,10,11). The summed E-state index contributed by atoms with van der Waals surface area (Å²) in [5.74, 6) is 0.992. The Morgan fingerprint density at radius 3 is 3.00 bits per heavy atom. The molecule has 0 unspecified atom stereocenters. The lowest BCUT2D eigenvalue weighted by Gasteiger charge is -2.01. The van der Waals surface area contributed by atoms with E-state index in [9.17, 15) is 0 Å². The Morgan fingerprint density at radius 1 is 1.42 bits per heavy atom. The fraction of sp³-hybridized carbons (Fsp3) is 0.222. The number of aliphatic imine (C=N–C) groups is 1. The van der Waals surface area contributed by atoms with Crippen LogP contribution in [0.2, 0.25) is 0 Å². The summed E-state index contributed by atoms with van der Waals surface area (Å²) in [4.78, 5) is 5.29. The maximum absolute atomic E-state index is 4.32. The molecule has 0 aliphatic carbocycles. The predicted octanol–water partition coefficient (Wildman–Crippen LogP) is 1.33. The molecular formula is C9H10N2S. The van der Waals surface area contributed by atoms with Gasteiger partial charge in [-0.1, -0.05) is 12.1 Å². The SMILES string of the molecule is Sc1cccc(C2=NCCN2)c1. The number of hydrogen-bond donors (Lipinski definition) is 2. The molecule has 62 valence electrons. The van der Waals surface area contributed by atoms with Crippen LogP contribution in [0.4, 0.5) is 0 Å². The van der Waals surface area contributed by atoms with Gasteiger partial charge < -0.3 is 5.32 Å². The highest BCUT2D eigenvalue weighted by Gasteiger charge is 2.06. The summed E-state index contributed by atoms with van der Waals surface area (Å²) in [5.41, 5.74) is 1.13. The summed E-state index contributed by atoms with van der Waals surface area (Å²) in [5, 5.41) is 3.22. The molecule has 2 rings (SSSR count). The number of thiol groups is 1. The molecule has 0 aromatic heterocycles. The summed E-state index contributed by atoms with van der Waals surface area (Å²) >= 11 is 4.26. The zero-order valence-electron chi connectivity index (χ0n) is 6.62. The second kappa shape index (κ2) is 3.19. The molecule has 0 spiro atoms. The number of benzene rings is 1. The van der Waals surface area contributed by atoms with Crippen molar-refractivity contribution in [2.24, 2.45) is 4.99 Å². The van der Waals surface area contributed by atoms with Gasteiger partial charge in [-0.25, -0.2) is 0 Å². The molecule has 2 nitrogen and oxygen atoms in total. The van der Waals surface area contributed by atoms with Crippen molar-refractivity contribution in [3.8, 4) is 0 Å². The molecule has 1 aromatic carbocycles. The number of hydrogen-bond acceptors (Lipinski definition) is 3. The normalized spacial score (nSPS) is 15.6. The highest BCUT2D eigenvalue weighted by atomic mass is 32.1. The lowest BCUT2D eigenvalue weighted by atomic mass is 10.2. The van der Waals surface area contributed by atoms with Crippen LogP contribution in [0.15, 0.2) is 34.2 Å². The zero-order chi connectivity index (χ0) is 8.39. The van der Waals surface area contributed by atoms with Crippen LogP contribution >= 0.6 is 12.6 Å². The van der Waals surface area contributed by atoms with Crippen LogP contribution in [0, 0.1) is 0 Å². The Balaban J connectivity index is 2.33. The summed E-state index contributed by atoms with van der Waals surface area (Å²) in [6, 6.07) is 8.00. The van der Waals surface area contributed by atoms with Gasteiger partial charge in [-0.2, -0.15) is 0 Å². The molecule has 0 bridgehead atoms. The lowest BCUT2D eigenvalue weighted by Crippen LogP contribution is -2.19. The van der Waals surface area contributed by atoms with Crippen LogP contribution in [-0.2, 0) is 0 Å². The van der Waals surface area contributed by atoms with E-state index in [0.29, 0.717) is 0 Å². The van der Waals surface area contributed by atoms with Crippen molar-refractivity contribution >= 4 is 18.5 Å². The van der Waals surface area contributed by atoms with E-state index in [-0.39, 0.29) is 0 Å². The largest absolute Gasteiger partial charge is 0.368 e. The van der Waals surface area contributed by atoms with Crippen molar-refractivity contribution in [2.45, 2.75) is 4.90 Å². The summed E-state index contributed by atoms with van der Waals surface area (Å²) in [6.07, 6.45) is 0. The van der Waals surface area contributed by atoms with Gasteiger partial charge in [0.2, 0.25) is 0 Å². The van der Waals surface area contributed by atoms with Gasteiger partial charge in [0.05, 0.1) is 6.54 Å². The van der Waals surface area contributed by atoms with Crippen molar-refractivity contribution in [1.82, 2.24) is 5.32 Å². The molecule has 0 saturated heterocycles. The third kappa shape index (κ3) is 1.46. The summed E-state index contributed by atoms with van der Waals surface area (Å²) < 4.78 is 0. The van der Waals surface area contributed by atoms with E-state index in [2.05, 4.69) is 22.9 Å². The Labute approximate surface area is 77.1 Å². The first kappa shape index (κ1) is 7.68. The van der Waals surface area contributed by atoms with Crippen LogP contribution in [0.1, 0.15) is 5.56 Å². The van der Waals surface area contributed by atoms with E-state index >= 15 is 0 Å². The second-order valence-electron chi connectivity index (χ2n) is 2.71. The van der Waals surface area contributed by atoms with Gasteiger partial charge in [0.1, 0.15) is 5.84 Å². The van der Waals surface area contributed by atoms with E-state index in [1.54, 1.807) is 0 Å². The number of nitrogens with zero attached hydrogens (tertiary/aromatic N) is 1. The zero-order valence-corrected chi connectivity index (χ0v) is 7.51. The van der Waals surface area contributed by atoms with Gasteiger partial charge in [0.15, 0.2) is 0 Å². The van der Waals surface area contributed by atoms with E-state index in [4.69, 9.17) is 0 Å². The molecule has 0 amide bonds. The number of nitrogens with one attached hydrogen (secondary N) is 1. The second-order valence-corrected chi connectivity index (χ2v) is 3.22. The van der Waals surface area contributed by atoms with Gasteiger partial charge in [0, 0.05) is 17.0 Å². The Bertz CT molecular complexity index is 320. The maximum atomic E-state index is 4.32. The van der Waals surface area contributed by atoms with Crippen LogP contribution in [0.3, 0.4) is 0 Å². The topological polar surface area (TPSA) is 24.4 Å². The number of amidine groups is 1. The highest BCUT2D eigenvalue weighted by Crippen LogP contribution is 2.10. The highest BCUT2D eigenvalue weighted by molar-refractivity contribution is 7.80. The van der Waals surface area contributed by atoms with E-state index < -0.39 is 0 Å². The van der Waals surface area contributed by atoms with Gasteiger partial charge in [0.25, 0.3) is 0 Å². The Morgan fingerprint density at radius 2 is 2.33 bits per heavy atom. The van der Waals surface area contributed by atoms with Gasteiger partial charge in [-0.05, 0) is 12.1 Å². The summed E-state index contributed by atoms with van der Waals surface area (Å²) in [6.45, 7) is 1.83. The molecule has 0 radical (unpaired) electrons. The van der Waals surface area contributed by atoms with Crippen LogP contribution in [0.25, 0.3) is 0 Å². The molecule has 0 atom stereocenters. The molecule has 12 heavy (non-hydrogen) atoms. The van der Waals surface area contributed by atoms with Gasteiger partial charge in [-0.3, -0.25) is 4.99 Å². The van der Waals surface area contributed by atoms with Crippen molar-refractivity contribution in [3.63, 3.8) is 0 Å². The fourth-order valence-corrected chi connectivity index (χ4v) is 1.47. The molecule has 0 saturated carbocycles. The third-order valence-electron chi connectivity index (χ3n) is 1.79. The van der Waals surface area contributed by atoms with Gasteiger partial charge in [-0.15, -0.1) is 12.6 Å². The van der Waals surface area contributed by atoms with Crippen molar-refractivity contribution in [1.29, 1.82) is 0 Å². The first-order valence-corrected chi connectivity index (χ1v) is 4.39. The average molecular weight is 178 g/mol. The minimum absolute atomic E-state index is 0.881. The minimum atomic E-state index is 0.881. The van der Waals surface area contributed by atoms with Crippen molar-refractivity contribution < 1.29 is 0 Å². The van der Waals surface area contributed by atoms with Crippen molar-refractivity contribution in [3.05, 3.63) is 29.8 Å². The molecule has 1 N–H and O–H groups in total. The van der Waals surface area contributed by atoms with E-state index in [0.717, 1.165) is 29.4 Å². The van der Waals surface area contributed by atoms with Crippen molar-refractivity contribution in [2.75, 3.05) is 13.1 Å². The molecule has 3 heteroatoms. The minimum Gasteiger partial charge on any atom is -0.368 e. The fourth-order valence-electron chi connectivity index (χ4n) is 1.24. The van der Waals surface area contributed by atoms with Gasteiger partial charge >= 0.3 is 0 Å². The first-order valence-electron chi connectivity index (χ1n) is 3.94. The molecule has 0 fully saturated rings. The molecular weight excluding hydrogens is 168 g/mol. The Kier molecular flexibility index (Phi) is 2.04. The van der Waals surface area contributed by atoms with Crippen LogP contribution < -0.4 is 5.32 Å². The molecule has 1 heterocycles. The van der Waals surface area contributed by atoms with E-state index in [1.165, 1.54) is 0 Å². The maximum Gasteiger partial charge on any atom is 0.128 e. The van der Waals surface area contributed by atoms with Crippen LogP contribution in [-0.4, -0.2) is 18.9 Å². The Hall–Kier alpha value is -0.960. The number of rotatable bonds is 1. The van der Waals surface area contributed by atoms with E-state index in [1.807, 2.05) is 24.3 Å². The van der Waals surface area contributed by atoms with Crippen LogP contribution in [0.5, 0.6) is 0 Å². The predicted molar refractivity (Wildman–Crippen MR) is 53.1 cm³/mol. The lowest BCUT2D eigenvalue weighted by molar-refractivity contribution is 0.960. The first-order chi connectivity index (χ1) is 5.86. The monoisotopic (exact) mass is 178 g/mol. The summed E-state index contributed by atoms with van der Waals surface area (Å²) in [7, 11) is 0. The third-order valence-corrected chi connectivity index (χ3v) is 2.07. The smallest absolute Gasteiger partial charge is 0.128 e. The molecule has 1 aliphatic rings. The molecule has 1 aromatic rings. The quantitative estimate of drug-likeness (QED) is 0.623. The molecule has 1 aliphatic heterocycles. The average Bonchev–Trinajstić information content (AvgIpc) is 2.56.